The molecule has 0 spiro atoms. The quantitative estimate of drug-likeness (QED) is 0.710. The summed E-state index contributed by atoms with van der Waals surface area (Å²) in [6.07, 6.45) is 1.19. The molecule has 1 aromatic carbocycles. The molecule has 20 heavy (non-hydrogen) atoms. The maximum atomic E-state index is 10.9. The zero-order valence-electron chi connectivity index (χ0n) is 11.5. The van der Waals surface area contributed by atoms with Crippen LogP contribution in [0.25, 0.3) is 0 Å². The molecule has 2 rings (SSSR count). The van der Waals surface area contributed by atoms with Crippen molar-refractivity contribution in [1.29, 1.82) is 0 Å². The Hall–Kier alpha value is -1.79. The average Bonchev–Trinajstić information content (AvgIpc) is 2.38. The summed E-state index contributed by atoms with van der Waals surface area (Å²) in [4.78, 5) is 12.8. The predicted molar refractivity (Wildman–Crippen MR) is 76.1 cm³/mol. The molecular weight excluding hydrogens is 260 g/mol. The van der Waals surface area contributed by atoms with Gasteiger partial charge in [0.25, 0.3) is 0 Å². The minimum Gasteiger partial charge on any atom is -0.478 e. The second-order valence-electron chi connectivity index (χ2n) is 5.27. The highest BCUT2D eigenvalue weighted by atomic mass is 16.5. The van der Waals surface area contributed by atoms with Gasteiger partial charge in [0, 0.05) is 51.0 Å². The van der Waals surface area contributed by atoms with E-state index in [1.807, 2.05) is 11.9 Å². The van der Waals surface area contributed by atoms with Crippen LogP contribution in [0, 0.1) is 0 Å². The van der Waals surface area contributed by atoms with Crippen LogP contribution in [0.4, 0.5) is 11.4 Å². The fourth-order valence-corrected chi connectivity index (χ4v) is 2.42. The summed E-state index contributed by atoms with van der Waals surface area (Å²) in [6, 6.07) is 4.80. The lowest BCUT2D eigenvalue weighted by atomic mass is 9.93. The van der Waals surface area contributed by atoms with Gasteiger partial charge in [-0.25, -0.2) is 4.79 Å². The van der Waals surface area contributed by atoms with Crippen molar-refractivity contribution in [2.45, 2.75) is 18.4 Å². The molecule has 0 amide bonds. The molecular formula is C14H20N2O4. The molecule has 1 saturated heterocycles. The highest BCUT2D eigenvalue weighted by Gasteiger charge is 2.31. The molecule has 1 fully saturated rings. The molecule has 110 valence electrons. The van der Waals surface area contributed by atoms with Crippen molar-refractivity contribution < 1.29 is 19.7 Å². The molecule has 6 heteroatoms. The van der Waals surface area contributed by atoms with Gasteiger partial charge in [0.1, 0.15) is 0 Å². The first-order chi connectivity index (χ1) is 9.41. The molecule has 0 saturated carbocycles. The van der Waals surface area contributed by atoms with E-state index in [-0.39, 0.29) is 11.3 Å². The summed E-state index contributed by atoms with van der Waals surface area (Å²) in [6.45, 7) is 1.58. The first kappa shape index (κ1) is 14.6. The Bertz CT molecular complexity index is 498. The molecule has 4 N–H and O–H groups in total. The Morgan fingerprint density at radius 2 is 2.10 bits per heavy atom. The van der Waals surface area contributed by atoms with Gasteiger partial charge in [0.2, 0.25) is 0 Å². The number of likely N-dealkylation sites (N-methyl/N-ethyl adjacent to an activating group) is 1. The van der Waals surface area contributed by atoms with E-state index in [1.54, 1.807) is 12.1 Å². The van der Waals surface area contributed by atoms with Crippen LogP contribution in [0.3, 0.4) is 0 Å². The number of benzene rings is 1. The highest BCUT2D eigenvalue weighted by Crippen LogP contribution is 2.26. The van der Waals surface area contributed by atoms with Crippen molar-refractivity contribution in [3.05, 3.63) is 23.8 Å². The van der Waals surface area contributed by atoms with Gasteiger partial charge < -0.3 is 25.6 Å². The third-order valence-electron chi connectivity index (χ3n) is 3.66. The van der Waals surface area contributed by atoms with Crippen LogP contribution < -0.4 is 10.6 Å². The smallest absolute Gasteiger partial charge is 0.337 e. The van der Waals surface area contributed by atoms with Gasteiger partial charge in [-0.3, -0.25) is 0 Å². The van der Waals surface area contributed by atoms with Crippen molar-refractivity contribution >= 4 is 17.3 Å². The Kier molecular flexibility index (Phi) is 4.15. The topological polar surface area (TPSA) is 96.0 Å². The summed E-state index contributed by atoms with van der Waals surface area (Å²) >= 11 is 0. The van der Waals surface area contributed by atoms with Crippen LogP contribution in [0.5, 0.6) is 0 Å². The average molecular weight is 280 g/mol. The number of carboxylic acids is 1. The highest BCUT2D eigenvalue weighted by molar-refractivity contribution is 5.94. The van der Waals surface area contributed by atoms with E-state index in [9.17, 15) is 9.90 Å². The van der Waals surface area contributed by atoms with Gasteiger partial charge in [-0.15, -0.1) is 0 Å². The van der Waals surface area contributed by atoms with Crippen molar-refractivity contribution in [1.82, 2.24) is 0 Å². The van der Waals surface area contributed by atoms with Crippen molar-refractivity contribution in [2.75, 3.05) is 37.4 Å². The minimum atomic E-state index is -1.04. The van der Waals surface area contributed by atoms with Crippen LogP contribution in [-0.2, 0) is 4.74 Å². The minimum absolute atomic E-state index is 0.0897. The van der Waals surface area contributed by atoms with Crippen molar-refractivity contribution in [3.8, 4) is 0 Å². The molecule has 1 heterocycles. The molecule has 0 aliphatic carbocycles. The van der Waals surface area contributed by atoms with Gasteiger partial charge in [-0.1, -0.05) is 0 Å². The third-order valence-corrected chi connectivity index (χ3v) is 3.66. The summed E-state index contributed by atoms with van der Waals surface area (Å²) in [5.74, 6) is -1.04. The van der Waals surface area contributed by atoms with E-state index >= 15 is 0 Å². The maximum absolute atomic E-state index is 10.9. The summed E-state index contributed by atoms with van der Waals surface area (Å²) in [5.41, 5.74) is 6.06. The standard InChI is InChI=1S/C14H20N2O4/c1-16(9-14(19)4-6-20-7-5-14)10-2-3-11(13(17)18)12(15)8-10/h2-3,8,19H,4-7,9,15H2,1H3,(H,17,18). The molecule has 1 aliphatic rings. The molecule has 0 unspecified atom stereocenters. The molecule has 1 aromatic rings. The van der Waals surface area contributed by atoms with Crippen LogP contribution in [-0.4, -0.2) is 48.6 Å². The molecule has 0 bridgehead atoms. The number of hydrogen-bond acceptors (Lipinski definition) is 5. The first-order valence-corrected chi connectivity index (χ1v) is 6.55. The van der Waals surface area contributed by atoms with E-state index in [1.165, 1.54) is 6.07 Å². The first-order valence-electron chi connectivity index (χ1n) is 6.55. The number of nitrogens with zero attached hydrogens (tertiary/aromatic N) is 1. The van der Waals surface area contributed by atoms with Gasteiger partial charge in [0.05, 0.1) is 11.2 Å². The number of rotatable bonds is 4. The van der Waals surface area contributed by atoms with Crippen molar-refractivity contribution in [3.63, 3.8) is 0 Å². The number of hydrogen-bond donors (Lipinski definition) is 3. The lowest BCUT2D eigenvalue weighted by molar-refractivity contribution is -0.0572. The summed E-state index contributed by atoms with van der Waals surface area (Å²) in [7, 11) is 1.85. The fraction of sp³-hybridized carbons (Fsp3) is 0.500. The fourth-order valence-electron chi connectivity index (χ4n) is 2.42. The van der Waals surface area contributed by atoms with E-state index in [2.05, 4.69) is 0 Å². The molecule has 0 aromatic heterocycles. The zero-order valence-corrected chi connectivity index (χ0v) is 11.5. The van der Waals surface area contributed by atoms with Gasteiger partial charge in [-0.2, -0.15) is 0 Å². The molecule has 6 nitrogen and oxygen atoms in total. The molecule has 0 radical (unpaired) electrons. The number of ether oxygens (including phenoxy) is 1. The number of nitrogens with two attached hydrogens (primary N) is 1. The van der Waals surface area contributed by atoms with Crippen LogP contribution in [0.2, 0.25) is 0 Å². The third kappa shape index (κ3) is 3.20. The van der Waals surface area contributed by atoms with E-state index in [0.29, 0.717) is 32.6 Å². The maximum Gasteiger partial charge on any atom is 0.337 e. The number of aliphatic hydroxyl groups is 1. The van der Waals surface area contributed by atoms with Gasteiger partial charge in [0.15, 0.2) is 0 Å². The molecule has 1 aliphatic heterocycles. The van der Waals surface area contributed by atoms with Crippen LogP contribution >= 0.6 is 0 Å². The summed E-state index contributed by atoms with van der Waals surface area (Å²) < 4.78 is 5.25. The van der Waals surface area contributed by atoms with Gasteiger partial charge >= 0.3 is 5.97 Å². The number of anilines is 2. The van der Waals surface area contributed by atoms with Crippen molar-refractivity contribution in [2.24, 2.45) is 0 Å². The Morgan fingerprint density at radius 1 is 1.45 bits per heavy atom. The van der Waals surface area contributed by atoms with E-state index < -0.39 is 11.6 Å². The summed E-state index contributed by atoms with van der Waals surface area (Å²) in [5, 5.41) is 19.4. The number of nitrogen functional groups attached to an aromatic ring is 1. The largest absolute Gasteiger partial charge is 0.478 e. The normalized spacial score (nSPS) is 17.7. The number of carbonyl (C=O) groups is 1. The lowest BCUT2D eigenvalue weighted by Crippen LogP contribution is -2.45. The second-order valence-corrected chi connectivity index (χ2v) is 5.27. The lowest BCUT2D eigenvalue weighted by Gasteiger charge is -2.36. The zero-order chi connectivity index (χ0) is 14.8. The van der Waals surface area contributed by atoms with Crippen LogP contribution in [0.15, 0.2) is 18.2 Å². The number of aromatic carboxylic acids is 1. The van der Waals surface area contributed by atoms with E-state index in [4.69, 9.17) is 15.6 Å². The predicted octanol–water partition coefficient (Wildman–Crippen LogP) is 0.945. The Labute approximate surface area is 117 Å². The molecule has 0 atom stereocenters. The second kappa shape index (κ2) is 5.68. The number of carboxylic acid groups (broad SMARTS) is 1. The monoisotopic (exact) mass is 280 g/mol. The Balaban J connectivity index is 2.11. The Morgan fingerprint density at radius 3 is 2.65 bits per heavy atom. The van der Waals surface area contributed by atoms with Gasteiger partial charge in [-0.05, 0) is 18.2 Å². The van der Waals surface area contributed by atoms with Crippen LogP contribution in [0.1, 0.15) is 23.2 Å². The SMILES string of the molecule is CN(CC1(O)CCOCC1)c1ccc(C(=O)O)c(N)c1. The van der Waals surface area contributed by atoms with E-state index in [0.717, 1.165) is 5.69 Å².